The molecule has 124 valence electrons. The molecule has 1 aliphatic carbocycles. The maximum atomic E-state index is 12.1. The van der Waals surface area contributed by atoms with Crippen LogP contribution in [0.3, 0.4) is 0 Å². The number of rotatable bonds is 5. The number of hydrogen-bond donors (Lipinski definition) is 2. The normalized spacial score (nSPS) is 26.1. The third-order valence-corrected chi connectivity index (χ3v) is 4.32. The number of carbonyl (C=O) groups is 1. The minimum atomic E-state index is -1.53. The summed E-state index contributed by atoms with van der Waals surface area (Å²) in [7, 11) is 1.40. The Morgan fingerprint density at radius 1 is 1.35 bits per heavy atom. The standard InChI is InChI=1S/C17H20O6/c1-21-14-8-16(19)17(20,9-12(14)18)6-2-3-11-4-5-13-15(7-11)23-10-22-13/h4-5,7-8,12,18,20H,2-3,6,9-10H2,1H3/t12-,17+/m0/s1. The van der Waals surface area contributed by atoms with Gasteiger partial charge in [-0.05, 0) is 37.0 Å². The number of fused-ring (bicyclic) bond motifs is 1. The Morgan fingerprint density at radius 2 is 2.13 bits per heavy atom. The minimum Gasteiger partial charge on any atom is -0.498 e. The van der Waals surface area contributed by atoms with Crippen LogP contribution in [0.2, 0.25) is 0 Å². The summed E-state index contributed by atoms with van der Waals surface area (Å²) < 4.78 is 15.5. The number of hydrogen-bond acceptors (Lipinski definition) is 6. The second-order valence-corrected chi connectivity index (χ2v) is 5.91. The van der Waals surface area contributed by atoms with E-state index in [9.17, 15) is 15.0 Å². The lowest BCUT2D eigenvalue weighted by molar-refractivity contribution is -0.138. The molecular weight excluding hydrogens is 300 g/mol. The number of aliphatic hydroxyl groups excluding tert-OH is 1. The lowest BCUT2D eigenvalue weighted by Crippen LogP contribution is -2.45. The molecule has 0 saturated carbocycles. The first-order valence-corrected chi connectivity index (χ1v) is 7.61. The van der Waals surface area contributed by atoms with Gasteiger partial charge in [0.15, 0.2) is 17.3 Å². The molecule has 2 atom stereocenters. The molecule has 2 N–H and O–H groups in total. The number of ketones is 1. The lowest BCUT2D eigenvalue weighted by Gasteiger charge is -2.32. The van der Waals surface area contributed by atoms with E-state index in [-0.39, 0.29) is 25.4 Å². The van der Waals surface area contributed by atoms with Gasteiger partial charge in [0.25, 0.3) is 0 Å². The van der Waals surface area contributed by atoms with Gasteiger partial charge >= 0.3 is 0 Å². The molecule has 0 radical (unpaired) electrons. The first kappa shape index (κ1) is 15.8. The van der Waals surface area contributed by atoms with Crippen LogP contribution in [-0.4, -0.2) is 41.6 Å². The Morgan fingerprint density at radius 3 is 2.91 bits per heavy atom. The van der Waals surface area contributed by atoms with Crippen LogP contribution in [0.15, 0.2) is 30.0 Å². The molecule has 0 saturated heterocycles. The van der Waals surface area contributed by atoms with E-state index in [4.69, 9.17) is 14.2 Å². The van der Waals surface area contributed by atoms with Crippen molar-refractivity contribution in [1.82, 2.24) is 0 Å². The highest BCUT2D eigenvalue weighted by molar-refractivity contribution is 5.98. The number of ether oxygens (including phenoxy) is 3. The predicted molar refractivity (Wildman–Crippen MR) is 81.2 cm³/mol. The van der Waals surface area contributed by atoms with E-state index in [1.807, 2.05) is 18.2 Å². The predicted octanol–water partition coefficient (Wildman–Crippen LogP) is 1.33. The third kappa shape index (κ3) is 3.18. The van der Waals surface area contributed by atoms with E-state index < -0.39 is 17.5 Å². The van der Waals surface area contributed by atoms with Crippen LogP contribution < -0.4 is 9.47 Å². The topological polar surface area (TPSA) is 85.2 Å². The summed E-state index contributed by atoms with van der Waals surface area (Å²) in [6.45, 7) is 0.235. The van der Waals surface area contributed by atoms with E-state index in [0.717, 1.165) is 17.1 Å². The van der Waals surface area contributed by atoms with E-state index in [0.29, 0.717) is 12.8 Å². The molecule has 0 fully saturated rings. The molecule has 0 amide bonds. The summed E-state index contributed by atoms with van der Waals surface area (Å²) in [5.74, 6) is 1.24. The van der Waals surface area contributed by atoms with Crippen molar-refractivity contribution in [3.63, 3.8) is 0 Å². The van der Waals surface area contributed by atoms with Gasteiger partial charge in [0.1, 0.15) is 17.5 Å². The molecule has 2 aliphatic rings. The van der Waals surface area contributed by atoms with Crippen LogP contribution in [0, 0.1) is 0 Å². The molecule has 0 aromatic heterocycles. The highest BCUT2D eigenvalue weighted by atomic mass is 16.7. The van der Waals surface area contributed by atoms with Gasteiger partial charge < -0.3 is 24.4 Å². The van der Waals surface area contributed by atoms with Gasteiger partial charge in [0.2, 0.25) is 6.79 Å². The van der Waals surface area contributed by atoms with Crippen LogP contribution in [0.4, 0.5) is 0 Å². The average Bonchev–Trinajstić information content (AvgIpc) is 2.98. The second kappa shape index (κ2) is 6.22. The van der Waals surface area contributed by atoms with E-state index in [2.05, 4.69) is 0 Å². The van der Waals surface area contributed by atoms with E-state index in [1.54, 1.807) is 0 Å². The number of methoxy groups -OCH3 is 1. The Bertz CT molecular complexity index is 638. The summed E-state index contributed by atoms with van der Waals surface area (Å²) in [5, 5.41) is 20.4. The smallest absolute Gasteiger partial charge is 0.231 e. The summed E-state index contributed by atoms with van der Waals surface area (Å²) >= 11 is 0. The zero-order chi connectivity index (χ0) is 16.4. The average molecular weight is 320 g/mol. The lowest BCUT2D eigenvalue weighted by atomic mass is 9.81. The number of carbonyl (C=O) groups excluding carboxylic acids is 1. The summed E-state index contributed by atoms with van der Waals surface area (Å²) in [6, 6.07) is 5.71. The monoisotopic (exact) mass is 320 g/mol. The van der Waals surface area contributed by atoms with Crippen molar-refractivity contribution in [1.29, 1.82) is 0 Å². The fourth-order valence-electron chi connectivity index (χ4n) is 2.98. The molecule has 6 heteroatoms. The molecule has 1 aliphatic heterocycles. The fourth-order valence-corrected chi connectivity index (χ4v) is 2.98. The van der Waals surface area contributed by atoms with Crippen molar-refractivity contribution in [2.75, 3.05) is 13.9 Å². The molecule has 23 heavy (non-hydrogen) atoms. The molecule has 3 rings (SSSR count). The molecule has 0 bridgehead atoms. The Balaban J connectivity index is 1.60. The fraction of sp³-hybridized carbons (Fsp3) is 0.471. The number of aryl methyl sites for hydroxylation is 1. The molecule has 0 spiro atoms. The van der Waals surface area contributed by atoms with Gasteiger partial charge in [0, 0.05) is 12.5 Å². The van der Waals surface area contributed by atoms with Gasteiger partial charge in [-0.25, -0.2) is 0 Å². The maximum absolute atomic E-state index is 12.1. The van der Waals surface area contributed by atoms with Crippen LogP contribution in [-0.2, 0) is 16.0 Å². The van der Waals surface area contributed by atoms with Crippen molar-refractivity contribution in [2.45, 2.75) is 37.4 Å². The Kier molecular flexibility index (Phi) is 4.28. The van der Waals surface area contributed by atoms with Crippen LogP contribution >= 0.6 is 0 Å². The first-order chi connectivity index (χ1) is 11.0. The van der Waals surface area contributed by atoms with Crippen molar-refractivity contribution in [3.8, 4) is 11.5 Å². The third-order valence-electron chi connectivity index (χ3n) is 4.32. The molecule has 6 nitrogen and oxygen atoms in total. The molecule has 1 aromatic carbocycles. The van der Waals surface area contributed by atoms with Gasteiger partial charge in [-0.2, -0.15) is 0 Å². The largest absolute Gasteiger partial charge is 0.498 e. The molecule has 0 unspecified atom stereocenters. The van der Waals surface area contributed by atoms with Crippen LogP contribution in [0.5, 0.6) is 11.5 Å². The number of aliphatic hydroxyl groups is 2. The SMILES string of the molecule is COC1=CC(=O)[C@@](O)(CCCc2ccc3c(c2)OCO3)C[C@@H]1O. The van der Waals surface area contributed by atoms with E-state index in [1.165, 1.54) is 13.2 Å². The number of benzene rings is 1. The van der Waals surface area contributed by atoms with Gasteiger partial charge in [-0.15, -0.1) is 0 Å². The maximum Gasteiger partial charge on any atom is 0.231 e. The highest BCUT2D eigenvalue weighted by Crippen LogP contribution is 2.34. The molecule has 1 aromatic rings. The van der Waals surface area contributed by atoms with Crippen LogP contribution in [0.1, 0.15) is 24.8 Å². The Hall–Kier alpha value is -2.05. The van der Waals surface area contributed by atoms with Crippen LogP contribution in [0.25, 0.3) is 0 Å². The van der Waals surface area contributed by atoms with Crippen molar-refractivity contribution >= 4 is 5.78 Å². The van der Waals surface area contributed by atoms with Gasteiger partial charge in [-0.1, -0.05) is 6.07 Å². The first-order valence-electron chi connectivity index (χ1n) is 7.61. The quantitative estimate of drug-likeness (QED) is 0.851. The van der Waals surface area contributed by atoms with Gasteiger partial charge in [0.05, 0.1) is 7.11 Å². The Labute approximate surface area is 134 Å². The summed E-state index contributed by atoms with van der Waals surface area (Å²) in [5.41, 5.74) is -0.479. The van der Waals surface area contributed by atoms with Gasteiger partial charge in [-0.3, -0.25) is 4.79 Å². The minimum absolute atomic E-state index is 0.0351. The highest BCUT2D eigenvalue weighted by Gasteiger charge is 2.41. The summed E-state index contributed by atoms with van der Waals surface area (Å²) in [4.78, 5) is 12.1. The van der Waals surface area contributed by atoms with E-state index >= 15 is 0 Å². The molecule has 1 heterocycles. The van der Waals surface area contributed by atoms with Crippen molar-refractivity contribution in [2.24, 2.45) is 0 Å². The molecular formula is C17H20O6. The second-order valence-electron chi connectivity index (χ2n) is 5.91. The zero-order valence-corrected chi connectivity index (χ0v) is 12.9. The van der Waals surface area contributed by atoms with Crippen molar-refractivity contribution < 1.29 is 29.2 Å². The zero-order valence-electron chi connectivity index (χ0n) is 12.9. The van der Waals surface area contributed by atoms with Crippen molar-refractivity contribution in [3.05, 3.63) is 35.6 Å². The summed E-state index contributed by atoms with van der Waals surface area (Å²) in [6.07, 6.45) is 1.80.